The lowest BCUT2D eigenvalue weighted by Gasteiger charge is -2.44. The van der Waals surface area contributed by atoms with Crippen LogP contribution in [0.15, 0.2) is 18.2 Å². The van der Waals surface area contributed by atoms with E-state index < -0.39 is 5.60 Å². The van der Waals surface area contributed by atoms with E-state index >= 15 is 0 Å². The number of ketones is 1. The Labute approximate surface area is 141 Å². The van der Waals surface area contributed by atoms with Crippen LogP contribution < -0.4 is 4.74 Å². The lowest BCUT2D eigenvalue weighted by molar-refractivity contribution is -0.135. The molecule has 2 aliphatic heterocycles. The van der Waals surface area contributed by atoms with E-state index in [0.717, 1.165) is 0 Å². The minimum atomic E-state index is -0.466. The fraction of sp³-hybridized carbons (Fsp3) is 0.556. The second-order valence-electron chi connectivity index (χ2n) is 7.00. The molecule has 23 heavy (non-hydrogen) atoms. The Balaban J connectivity index is 1.70. The highest BCUT2D eigenvalue weighted by Gasteiger charge is 2.43. The number of ether oxygens (including phenoxy) is 1. The Bertz CT molecular complexity index is 633. The van der Waals surface area contributed by atoms with Gasteiger partial charge in [-0.3, -0.25) is 9.59 Å². The van der Waals surface area contributed by atoms with Crippen molar-refractivity contribution in [3.05, 3.63) is 28.8 Å². The molecule has 0 bridgehead atoms. The van der Waals surface area contributed by atoms with Crippen LogP contribution >= 0.6 is 11.6 Å². The summed E-state index contributed by atoms with van der Waals surface area (Å²) >= 11 is 5.96. The van der Waals surface area contributed by atoms with Crippen LogP contribution in [0.4, 0.5) is 0 Å². The first-order valence-corrected chi connectivity index (χ1v) is 8.56. The summed E-state index contributed by atoms with van der Waals surface area (Å²) in [7, 11) is 0. The number of piperidine rings is 1. The summed E-state index contributed by atoms with van der Waals surface area (Å²) in [6.45, 7) is 5.41. The molecule has 2 heterocycles. The lowest BCUT2D eigenvalue weighted by atomic mass is 9.82. The fourth-order valence-electron chi connectivity index (χ4n) is 3.39. The molecule has 1 aromatic rings. The van der Waals surface area contributed by atoms with E-state index in [4.69, 9.17) is 16.3 Å². The van der Waals surface area contributed by atoms with Gasteiger partial charge in [0.15, 0.2) is 5.78 Å². The topological polar surface area (TPSA) is 46.6 Å². The lowest BCUT2D eigenvalue weighted by Crippen LogP contribution is -2.52. The Morgan fingerprint density at radius 3 is 2.70 bits per heavy atom. The van der Waals surface area contributed by atoms with E-state index in [9.17, 15) is 9.59 Å². The third-order valence-corrected chi connectivity index (χ3v) is 4.90. The molecule has 1 amide bonds. The van der Waals surface area contributed by atoms with Gasteiger partial charge < -0.3 is 9.64 Å². The van der Waals surface area contributed by atoms with E-state index in [1.807, 2.05) is 18.7 Å². The Morgan fingerprint density at radius 2 is 2.04 bits per heavy atom. The van der Waals surface area contributed by atoms with Crippen LogP contribution in [-0.4, -0.2) is 35.3 Å². The summed E-state index contributed by atoms with van der Waals surface area (Å²) in [5, 5.41) is 0.547. The molecule has 2 aliphatic rings. The minimum Gasteiger partial charge on any atom is -0.486 e. The molecule has 5 heteroatoms. The molecule has 0 aromatic heterocycles. The molecular weight excluding hydrogens is 314 g/mol. The molecule has 1 aromatic carbocycles. The second-order valence-corrected chi connectivity index (χ2v) is 7.44. The standard InChI is InChI=1S/C18H22ClNO3/c1-12(2)9-17(22)20-7-5-18(6-8-20)11-15(21)14-10-13(19)3-4-16(14)23-18/h3-4,10,12H,5-9,11H2,1-2H3. The van der Waals surface area contributed by atoms with Crippen molar-refractivity contribution in [1.82, 2.24) is 4.90 Å². The quantitative estimate of drug-likeness (QED) is 0.827. The van der Waals surface area contributed by atoms with Crippen LogP contribution in [0.1, 0.15) is 49.9 Å². The smallest absolute Gasteiger partial charge is 0.222 e. The van der Waals surface area contributed by atoms with Gasteiger partial charge in [-0.15, -0.1) is 0 Å². The maximum absolute atomic E-state index is 12.5. The van der Waals surface area contributed by atoms with Crippen molar-refractivity contribution in [2.24, 2.45) is 5.92 Å². The maximum Gasteiger partial charge on any atom is 0.222 e. The van der Waals surface area contributed by atoms with Gasteiger partial charge in [0, 0.05) is 37.4 Å². The fourth-order valence-corrected chi connectivity index (χ4v) is 3.56. The first-order valence-electron chi connectivity index (χ1n) is 8.18. The van der Waals surface area contributed by atoms with E-state index in [1.54, 1.807) is 18.2 Å². The number of carbonyl (C=O) groups excluding carboxylic acids is 2. The second kappa shape index (κ2) is 6.16. The number of Topliss-reactive ketones (excluding diaryl/α,β-unsaturated/α-hetero) is 1. The summed E-state index contributed by atoms with van der Waals surface area (Å²) < 4.78 is 6.18. The molecule has 0 radical (unpaired) electrons. The van der Waals surface area contributed by atoms with Crippen molar-refractivity contribution >= 4 is 23.3 Å². The molecule has 1 spiro atoms. The number of carbonyl (C=O) groups is 2. The number of rotatable bonds is 2. The predicted octanol–water partition coefficient (Wildman–Crippen LogP) is 3.71. The van der Waals surface area contributed by atoms with Crippen LogP contribution in [0.5, 0.6) is 5.75 Å². The van der Waals surface area contributed by atoms with Gasteiger partial charge in [0.2, 0.25) is 5.91 Å². The van der Waals surface area contributed by atoms with Crippen molar-refractivity contribution in [3.63, 3.8) is 0 Å². The normalized spacial score (nSPS) is 19.7. The van der Waals surface area contributed by atoms with Crippen LogP contribution in [0.25, 0.3) is 0 Å². The Kier molecular flexibility index (Phi) is 4.37. The summed E-state index contributed by atoms with van der Waals surface area (Å²) in [5.41, 5.74) is 0.105. The number of likely N-dealkylation sites (tertiary alicyclic amines) is 1. The summed E-state index contributed by atoms with van der Waals surface area (Å²) in [4.78, 5) is 26.5. The molecule has 1 fully saturated rings. The number of amides is 1. The first kappa shape index (κ1) is 16.3. The minimum absolute atomic E-state index is 0.0794. The van der Waals surface area contributed by atoms with E-state index in [0.29, 0.717) is 61.0 Å². The molecule has 1 saturated heterocycles. The molecular formula is C18H22ClNO3. The SMILES string of the molecule is CC(C)CC(=O)N1CCC2(CC1)CC(=O)c1cc(Cl)ccc1O2. The molecule has 0 atom stereocenters. The van der Waals surface area contributed by atoms with E-state index in [2.05, 4.69) is 0 Å². The number of fused-ring (bicyclic) bond motifs is 1. The summed E-state index contributed by atoms with van der Waals surface area (Å²) in [6.07, 6.45) is 2.34. The zero-order valence-corrected chi connectivity index (χ0v) is 14.4. The largest absolute Gasteiger partial charge is 0.486 e. The zero-order valence-electron chi connectivity index (χ0n) is 13.6. The van der Waals surface area contributed by atoms with Crippen molar-refractivity contribution in [2.75, 3.05) is 13.1 Å². The van der Waals surface area contributed by atoms with Crippen molar-refractivity contribution in [2.45, 2.75) is 45.1 Å². The van der Waals surface area contributed by atoms with Gasteiger partial charge in [-0.25, -0.2) is 0 Å². The number of nitrogens with zero attached hydrogens (tertiary/aromatic N) is 1. The van der Waals surface area contributed by atoms with Crippen molar-refractivity contribution in [1.29, 1.82) is 0 Å². The molecule has 4 nitrogen and oxygen atoms in total. The number of hydrogen-bond acceptors (Lipinski definition) is 3. The zero-order chi connectivity index (χ0) is 16.6. The van der Waals surface area contributed by atoms with Crippen LogP contribution in [0.3, 0.4) is 0 Å². The van der Waals surface area contributed by atoms with E-state index in [1.165, 1.54) is 0 Å². The highest BCUT2D eigenvalue weighted by Crippen LogP contribution is 2.40. The van der Waals surface area contributed by atoms with Gasteiger partial charge in [-0.05, 0) is 24.1 Å². The molecule has 3 rings (SSSR count). The van der Waals surface area contributed by atoms with Crippen molar-refractivity contribution in [3.8, 4) is 5.75 Å². The van der Waals surface area contributed by atoms with Crippen LogP contribution in [-0.2, 0) is 4.79 Å². The molecule has 124 valence electrons. The average molecular weight is 336 g/mol. The molecule has 0 saturated carbocycles. The Hall–Kier alpha value is -1.55. The van der Waals surface area contributed by atoms with Gasteiger partial charge in [0.05, 0.1) is 12.0 Å². The number of halogens is 1. The monoisotopic (exact) mass is 335 g/mol. The summed E-state index contributed by atoms with van der Waals surface area (Å²) in [6, 6.07) is 5.19. The average Bonchev–Trinajstić information content (AvgIpc) is 2.48. The summed E-state index contributed by atoms with van der Waals surface area (Å²) in [5.74, 6) is 1.26. The van der Waals surface area contributed by atoms with Gasteiger partial charge in [0.25, 0.3) is 0 Å². The van der Waals surface area contributed by atoms with Gasteiger partial charge in [-0.2, -0.15) is 0 Å². The molecule has 0 aliphatic carbocycles. The molecule has 0 N–H and O–H groups in total. The van der Waals surface area contributed by atoms with E-state index in [-0.39, 0.29) is 11.7 Å². The highest BCUT2D eigenvalue weighted by atomic mass is 35.5. The highest BCUT2D eigenvalue weighted by molar-refractivity contribution is 6.31. The first-order chi connectivity index (χ1) is 10.9. The number of benzene rings is 1. The Morgan fingerprint density at radius 1 is 1.35 bits per heavy atom. The van der Waals surface area contributed by atoms with Gasteiger partial charge in [-0.1, -0.05) is 25.4 Å². The maximum atomic E-state index is 12.5. The van der Waals surface area contributed by atoms with Gasteiger partial charge >= 0.3 is 0 Å². The van der Waals surface area contributed by atoms with Crippen LogP contribution in [0, 0.1) is 5.92 Å². The van der Waals surface area contributed by atoms with Crippen molar-refractivity contribution < 1.29 is 14.3 Å². The third-order valence-electron chi connectivity index (χ3n) is 4.66. The predicted molar refractivity (Wildman–Crippen MR) is 89.0 cm³/mol. The van der Waals surface area contributed by atoms with Crippen LogP contribution in [0.2, 0.25) is 5.02 Å². The third kappa shape index (κ3) is 3.37. The number of hydrogen-bond donors (Lipinski definition) is 0. The van der Waals surface area contributed by atoms with Gasteiger partial charge in [0.1, 0.15) is 11.4 Å². The molecule has 0 unspecified atom stereocenters.